The Balaban J connectivity index is 1.59. The molecule has 0 aliphatic heterocycles. The van der Waals surface area contributed by atoms with Gasteiger partial charge in [-0.25, -0.2) is 4.98 Å². The molecule has 1 aromatic carbocycles. The third kappa shape index (κ3) is 2.63. The summed E-state index contributed by atoms with van der Waals surface area (Å²) in [5, 5.41) is 4.10. The van der Waals surface area contributed by atoms with Crippen LogP contribution in [0.15, 0.2) is 47.4 Å². The summed E-state index contributed by atoms with van der Waals surface area (Å²) in [4.78, 5) is 12.6. The zero-order valence-electron chi connectivity index (χ0n) is 13.2. The van der Waals surface area contributed by atoms with Crippen LogP contribution in [0.1, 0.15) is 25.1 Å². The van der Waals surface area contributed by atoms with Crippen molar-refractivity contribution in [1.82, 2.24) is 20.1 Å². The highest BCUT2D eigenvalue weighted by molar-refractivity contribution is 5.56. The van der Waals surface area contributed by atoms with Crippen molar-refractivity contribution in [3.63, 3.8) is 0 Å². The maximum atomic E-state index is 5.68. The Morgan fingerprint density at radius 3 is 2.83 bits per heavy atom. The number of aromatic nitrogens is 4. The number of rotatable bonds is 5. The molecule has 3 aromatic rings. The second-order valence-corrected chi connectivity index (χ2v) is 5.65. The summed E-state index contributed by atoms with van der Waals surface area (Å²) in [6.07, 6.45) is 7.66. The summed E-state index contributed by atoms with van der Waals surface area (Å²) < 4.78 is 16.7. The SMILES string of the molecule is COC1(c2noc(-c3cccc(Oc4cnccn4)c3)n2)CCC1. The topological polar surface area (TPSA) is 83.2 Å². The van der Waals surface area contributed by atoms with E-state index in [0.717, 1.165) is 24.8 Å². The van der Waals surface area contributed by atoms with Gasteiger partial charge in [0.05, 0.1) is 6.20 Å². The summed E-state index contributed by atoms with van der Waals surface area (Å²) in [6.45, 7) is 0. The van der Waals surface area contributed by atoms with Crippen molar-refractivity contribution in [3.05, 3.63) is 48.7 Å². The predicted molar refractivity (Wildman–Crippen MR) is 84.4 cm³/mol. The van der Waals surface area contributed by atoms with Crippen LogP contribution in [0.5, 0.6) is 11.6 Å². The van der Waals surface area contributed by atoms with E-state index in [0.29, 0.717) is 23.3 Å². The lowest BCUT2D eigenvalue weighted by Crippen LogP contribution is -2.37. The molecule has 24 heavy (non-hydrogen) atoms. The molecule has 0 radical (unpaired) electrons. The van der Waals surface area contributed by atoms with Crippen LogP contribution in [-0.4, -0.2) is 27.2 Å². The molecule has 1 fully saturated rings. The molecule has 0 spiro atoms. The Morgan fingerprint density at radius 1 is 1.21 bits per heavy atom. The number of ether oxygens (including phenoxy) is 2. The highest BCUT2D eigenvalue weighted by atomic mass is 16.5. The fourth-order valence-electron chi connectivity index (χ4n) is 2.69. The predicted octanol–water partition coefficient (Wildman–Crippen LogP) is 3.34. The maximum absolute atomic E-state index is 5.68. The minimum atomic E-state index is -0.393. The molecule has 0 unspecified atom stereocenters. The normalized spacial score (nSPS) is 15.7. The first-order valence-electron chi connectivity index (χ1n) is 7.73. The van der Waals surface area contributed by atoms with E-state index in [1.807, 2.05) is 24.3 Å². The first-order chi connectivity index (χ1) is 11.8. The average molecular weight is 324 g/mol. The van der Waals surface area contributed by atoms with Gasteiger partial charge in [0.25, 0.3) is 5.89 Å². The van der Waals surface area contributed by atoms with E-state index >= 15 is 0 Å². The number of hydrogen-bond donors (Lipinski definition) is 0. The molecule has 0 bridgehead atoms. The summed E-state index contributed by atoms with van der Waals surface area (Å²) >= 11 is 0. The van der Waals surface area contributed by atoms with Gasteiger partial charge in [0.1, 0.15) is 11.4 Å². The fraction of sp³-hybridized carbons (Fsp3) is 0.294. The molecule has 2 heterocycles. The van der Waals surface area contributed by atoms with Crippen LogP contribution in [-0.2, 0) is 10.3 Å². The molecule has 0 N–H and O–H groups in total. The van der Waals surface area contributed by atoms with Crippen molar-refractivity contribution < 1.29 is 14.0 Å². The molecule has 1 aliphatic carbocycles. The number of hydrogen-bond acceptors (Lipinski definition) is 7. The summed E-state index contributed by atoms with van der Waals surface area (Å²) in [5.74, 6) is 2.09. The van der Waals surface area contributed by atoms with Gasteiger partial charge in [-0.1, -0.05) is 11.2 Å². The second kappa shape index (κ2) is 6.01. The van der Waals surface area contributed by atoms with Crippen LogP contribution >= 0.6 is 0 Å². The summed E-state index contributed by atoms with van der Waals surface area (Å²) in [7, 11) is 1.69. The van der Waals surface area contributed by atoms with Crippen LogP contribution in [0.4, 0.5) is 0 Å². The minimum absolute atomic E-state index is 0.393. The lowest BCUT2D eigenvalue weighted by Gasteiger charge is -2.37. The van der Waals surface area contributed by atoms with Crippen LogP contribution in [0.25, 0.3) is 11.5 Å². The molecule has 7 nitrogen and oxygen atoms in total. The van der Waals surface area contributed by atoms with E-state index in [4.69, 9.17) is 14.0 Å². The van der Waals surface area contributed by atoms with Gasteiger partial charge in [-0.2, -0.15) is 4.98 Å². The molecule has 4 rings (SSSR count). The average Bonchev–Trinajstić information content (AvgIpc) is 3.06. The minimum Gasteiger partial charge on any atom is -0.437 e. The molecule has 0 saturated heterocycles. The van der Waals surface area contributed by atoms with E-state index in [1.54, 1.807) is 25.7 Å². The van der Waals surface area contributed by atoms with Gasteiger partial charge < -0.3 is 14.0 Å². The van der Waals surface area contributed by atoms with Gasteiger partial charge in [0.15, 0.2) is 0 Å². The molecule has 7 heteroatoms. The molecule has 0 atom stereocenters. The van der Waals surface area contributed by atoms with Crippen molar-refractivity contribution in [2.24, 2.45) is 0 Å². The Kier molecular flexibility index (Phi) is 3.70. The van der Waals surface area contributed by atoms with Crippen LogP contribution in [0.3, 0.4) is 0 Å². The van der Waals surface area contributed by atoms with Crippen LogP contribution in [0, 0.1) is 0 Å². The van der Waals surface area contributed by atoms with E-state index < -0.39 is 5.60 Å². The molecule has 1 aliphatic rings. The van der Waals surface area contributed by atoms with Gasteiger partial charge in [-0.15, -0.1) is 0 Å². The molecule has 0 amide bonds. The Bertz CT molecular complexity index is 825. The van der Waals surface area contributed by atoms with Gasteiger partial charge in [-0.3, -0.25) is 4.98 Å². The zero-order valence-corrected chi connectivity index (χ0v) is 13.2. The number of benzene rings is 1. The number of nitrogens with zero attached hydrogens (tertiary/aromatic N) is 4. The van der Waals surface area contributed by atoms with Crippen molar-refractivity contribution in [2.75, 3.05) is 7.11 Å². The van der Waals surface area contributed by atoms with Crippen molar-refractivity contribution >= 4 is 0 Å². The second-order valence-electron chi connectivity index (χ2n) is 5.65. The molecular formula is C17H16N4O3. The van der Waals surface area contributed by atoms with Gasteiger partial charge in [-0.05, 0) is 37.5 Å². The largest absolute Gasteiger partial charge is 0.437 e. The molecule has 1 saturated carbocycles. The third-order valence-corrected chi connectivity index (χ3v) is 4.23. The lowest BCUT2D eigenvalue weighted by atomic mass is 9.79. The number of methoxy groups -OCH3 is 1. The molecule has 2 aromatic heterocycles. The van der Waals surface area contributed by atoms with E-state index in [-0.39, 0.29) is 0 Å². The highest BCUT2D eigenvalue weighted by Crippen LogP contribution is 2.43. The van der Waals surface area contributed by atoms with Crippen LogP contribution in [0.2, 0.25) is 0 Å². The monoisotopic (exact) mass is 324 g/mol. The van der Waals surface area contributed by atoms with E-state index in [1.165, 1.54) is 0 Å². The third-order valence-electron chi connectivity index (χ3n) is 4.23. The first kappa shape index (κ1) is 14.8. The van der Waals surface area contributed by atoms with Gasteiger partial charge in [0.2, 0.25) is 11.7 Å². The van der Waals surface area contributed by atoms with Gasteiger partial charge >= 0.3 is 0 Å². The van der Waals surface area contributed by atoms with Crippen molar-refractivity contribution in [3.8, 4) is 23.1 Å². The molecular weight excluding hydrogens is 308 g/mol. The quantitative estimate of drug-likeness (QED) is 0.711. The Morgan fingerprint density at radius 2 is 2.12 bits per heavy atom. The van der Waals surface area contributed by atoms with Crippen LogP contribution < -0.4 is 4.74 Å². The first-order valence-corrected chi connectivity index (χ1v) is 7.73. The lowest BCUT2D eigenvalue weighted by molar-refractivity contribution is -0.0858. The van der Waals surface area contributed by atoms with E-state index in [2.05, 4.69) is 20.1 Å². The Labute approximate surface area is 138 Å². The van der Waals surface area contributed by atoms with Crippen molar-refractivity contribution in [2.45, 2.75) is 24.9 Å². The maximum Gasteiger partial charge on any atom is 0.258 e. The Hall–Kier alpha value is -2.80. The van der Waals surface area contributed by atoms with E-state index in [9.17, 15) is 0 Å². The summed E-state index contributed by atoms with van der Waals surface area (Å²) in [5.41, 5.74) is 0.385. The zero-order chi connectivity index (χ0) is 16.4. The van der Waals surface area contributed by atoms with Gasteiger partial charge in [0, 0.05) is 25.1 Å². The summed E-state index contributed by atoms with van der Waals surface area (Å²) in [6, 6.07) is 7.41. The van der Waals surface area contributed by atoms with Crippen molar-refractivity contribution in [1.29, 1.82) is 0 Å². The smallest absolute Gasteiger partial charge is 0.258 e. The molecule has 122 valence electrons. The highest BCUT2D eigenvalue weighted by Gasteiger charge is 2.43. The fourth-order valence-corrected chi connectivity index (χ4v) is 2.69. The standard InChI is InChI=1S/C17H16N4O3/c1-22-17(6-3-7-17)16-20-15(24-21-16)12-4-2-5-13(10-12)23-14-11-18-8-9-19-14/h2,4-5,8-11H,3,6-7H2,1H3.